The average Bonchev–Trinajstić information content (AvgIpc) is 2.75. The Balaban J connectivity index is 2.24. The summed E-state index contributed by atoms with van der Waals surface area (Å²) in [5, 5.41) is 3.30. The highest BCUT2D eigenvalue weighted by molar-refractivity contribution is 5.86. The second-order valence-electron chi connectivity index (χ2n) is 4.18. The number of hydrogen-bond donors (Lipinski definition) is 1. The van der Waals surface area contributed by atoms with Gasteiger partial charge in [-0.25, -0.2) is 0 Å². The number of nitrogens with zero attached hydrogens (tertiary/aromatic N) is 1. The van der Waals surface area contributed by atoms with E-state index in [1.165, 1.54) is 16.7 Å². The van der Waals surface area contributed by atoms with Crippen molar-refractivity contribution in [1.29, 1.82) is 0 Å². The highest BCUT2D eigenvalue weighted by Crippen LogP contribution is 2.23. The lowest BCUT2D eigenvalue weighted by atomic mass is 10.0. The summed E-state index contributed by atoms with van der Waals surface area (Å²) in [6.07, 6.45) is 0.899. The van der Waals surface area contributed by atoms with Crippen LogP contribution in [0.25, 0.3) is 0 Å². The smallest absolute Gasteiger partial charge is 0.122 e. The van der Waals surface area contributed by atoms with E-state index in [0.717, 1.165) is 31.1 Å². The van der Waals surface area contributed by atoms with Crippen molar-refractivity contribution in [3.8, 4) is 5.75 Å². The van der Waals surface area contributed by atoms with Crippen LogP contribution in [0.5, 0.6) is 5.75 Å². The van der Waals surface area contributed by atoms with E-state index < -0.39 is 0 Å². The van der Waals surface area contributed by atoms with Gasteiger partial charge in [-0.1, -0.05) is 6.07 Å². The largest absolute Gasteiger partial charge is 0.496 e. The van der Waals surface area contributed by atoms with Crippen LogP contribution in [-0.4, -0.2) is 26.0 Å². The summed E-state index contributed by atoms with van der Waals surface area (Å²) in [4.78, 5) is 4.42. The van der Waals surface area contributed by atoms with Gasteiger partial charge < -0.3 is 10.1 Å². The first-order valence-electron chi connectivity index (χ1n) is 5.62. The molecule has 0 spiro atoms. The van der Waals surface area contributed by atoms with Gasteiger partial charge in [0.25, 0.3) is 0 Å². The highest BCUT2D eigenvalue weighted by Gasteiger charge is 2.10. The molecule has 0 radical (unpaired) electrons. The Morgan fingerprint density at radius 1 is 1.31 bits per heavy atom. The number of amidine groups is 1. The minimum Gasteiger partial charge on any atom is -0.496 e. The van der Waals surface area contributed by atoms with E-state index in [2.05, 4.69) is 36.3 Å². The van der Waals surface area contributed by atoms with Gasteiger partial charge in [0.2, 0.25) is 0 Å². The molecule has 0 unspecified atom stereocenters. The summed E-state index contributed by atoms with van der Waals surface area (Å²) in [5.74, 6) is 2.07. The van der Waals surface area contributed by atoms with Crippen LogP contribution in [0.15, 0.2) is 17.1 Å². The number of ether oxygens (including phenoxy) is 1. The van der Waals surface area contributed by atoms with Crippen LogP contribution in [-0.2, 0) is 6.42 Å². The molecule has 1 N–H and O–H groups in total. The first-order chi connectivity index (χ1) is 7.70. The second-order valence-corrected chi connectivity index (χ2v) is 4.18. The van der Waals surface area contributed by atoms with Gasteiger partial charge in [-0.2, -0.15) is 0 Å². The maximum absolute atomic E-state index is 5.30. The van der Waals surface area contributed by atoms with Gasteiger partial charge in [-0.3, -0.25) is 4.99 Å². The van der Waals surface area contributed by atoms with Crippen molar-refractivity contribution in [2.24, 2.45) is 4.99 Å². The molecule has 86 valence electrons. The summed E-state index contributed by atoms with van der Waals surface area (Å²) < 4.78 is 5.30. The number of nitrogens with one attached hydrogen (secondary N) is 1. The summed E-state index contributed by atoms with van der Waals surface area (Å²) in [7, 11) is 1.71. The molecule has 0 fully saturated rings. The van der Waals surface area contributed by atoms with Gasteiger partial charge in [-0.15, -0.1) is 0 Å². The fourth-order valence-corrected chi connectivity index (χ4v) is 2.01. The van der Waals surface area contributed by atoms with Crippen LogP contribution in [0.3, 0.4) is 0 Å². The molecule has 0 aliphatic carbocycles. The third kappa shape index (κ3) is 2.18. The van der Waals surface area contributed by atoms with Gasteiger partial charge in [0, 0.05) is 13.0 Å². The van der Waals surface area contributed by atoms with Crippen molar-refractivity contribution in [1.82, 2.24) is 5.32 Å². The third-order valence-electron chi connectivity index (χ3n) is 2.95. The van der Waals surface area contributed by atoms with E-state index in [9.17, 15) is 0 Å². The normalized spacial score (nSPS) is 14.6. The van der Waals surface area contributed by atoms with Gasteiger partial charge in [0.15, 0.2) is 0 Å². The van der Waals surface area contributed by atoms with Crippen LogP contribution >= 0.6 is 0 Å². The molecule has 0 bridgehead atoms. The third-order valence-corrected chi connectivity index (χ3v) is 2.95. The molecule has 3 heteroatoms. The summed E-state index contributed by atoms with van der Waals surface area (Å²) in [6.45, 7) is 6.07. The predicted molar refractivity (Wildman–Crippen MR) is 66.5 cm³/mol. The van der Waals surface area contributed by atoms with Gasteiger partial charge in [0.1, 0.15) is 11.6 Å². The molecule has 2 rings (SSSR count). The Morgan fingerprint density at radius 3 is 2.75 bits per heavy atom. The molecule has 3 nitrogen and oxygen atoms in total. The second kappa shape index (κ2) is 4.56. The fourth-order valence-electron chi connectivity index (χ4n) is 2.01. The monoisotopic (exact) mass is 218 g/mol. The average molecular weight is 218 g/mol. The van der Waals surface area contributed by atoms with Crippen molar-refractivity contribution in [3.63, 3.8) is 0 Å². The maximum Gasteiger partial charge on any atom is 0.122 e. The molecule has 16 heavy (non-hydrogen) atoms. The molecule has 1 aliphatic heterocycles. The van der Waals surface area contributed by atoms with Crippen LogP contribution in [0.4, 0.5) is 0 Å². The van der Waals surface area contributed by atoms with Gasteiger partial charge >= 0.3 is 0 Å². The van der Waals surface area contributed by atoms with Crippen molar-refractivity contribution < 1.29 is 4.74 Å². The molecular formula is C13H18N2O. The predicted octanol–water partition coefficient (Wildman–Crippen LogP) is 1.86. The fraction of sp³-hybridized carbons (Fsp3) is 0.462. The Kier molecular flexibility index (Phi) is 3.13. The Labute approximate surface area is 96.5 Å². The van der Waals surface area contributed by atoms with E-state index in [1.54, 1.807) is 7.11 Å². The number of aliphatic imine (C=N–C) groups is 1. The standard InChI is InChI=1S/C13H18N2O/c1-9-7-12(16-3)10(2)6-11(9)8-13-14-4-5-15-13/h6-7H,4-5,8H2,1-3H3,(H,14,15). The van der Waals surface area contributed by atoms with Crippen molar-refractivity contribution in [2.45, 2.75) is 20.3 Å². The van der Waals surface area contributed by atoms with E-state index in [0.29, 0.717) is 0 Å². The molecule has 0 amide bonds. The maximum atomic E-state index is 5.30. The lowest BCUT2D eigenvalue weighted by Gasteiger charge is -2.11. The molecule has 0 saturated carbocycles. The van der Waals surface area contributed by atoms with E-state index >= 15 is 0 Å². The summed E-state index contributed by atoms with van der Waals surface area (Å²) >= 11 is 0. The molecule has 1 aromatic carbocycles. The summed E-state index contributed by atoms with van der Waals surface area (Å²) in [5.41, 5.74) is 3.77. The van der Waals surface area contributed by atoms with Gasteiger partial charge in [0.05, 0.1) is 13.7 Å². The first kappa shape index (κ1) is 11.0. The first-order valence-corrected chi connectivity index (χ1v) is 5.62. The van der Waals surface area contributed by atoms with Crippen molar-refractivity contribution in [3.05, 3.63) is 28.8 Å². The highest BCUT2D eigenvalue weighted by atomic mass is 16.5. The van der Waals surface area contributed by atoms with Crippen molar-refractivity contribution in [2.75, 3.05) is 20.2 Å². The molecule has 1 aromatic rings. The van der Waals surface area contributed by atoms with Crippen molar-refractivity contribution >= 4 is 5.84 Å². The zero-order chi connectivity index (χ0) is 11.5. The lowest BCUT2D eigenvalue weighted by Crippen LogP contribution is -2.21. The zero-order valence-corrected chi connectivity index (χ0v) is 10.1. The van der Waals surface area contributed by atoms with Crippen LogP contribution in [0.2, 0.25) is 0 Å². The SMILES string of the molecule is COc1cc(C)c(CC2=NCCN2)cc1C. The molecule has 0 saturated heterocycles. The number of rotatable bonds is 3. The van der Waals surface area contributed by atoms with Crippen LogP contribution < -0.4 is 10.1 Å². The van der Waals surface area contributed by atoms with E-state index in [-0.39, 0.29) is 0 Å². The van der Waals surface area contributed by atoms with Crippen LogP contribution in [0.1, 0.15) is 16.7 Å². The molecule has 1 heterocycles. The lowest BCUT2D eigenvalue weighted by molar-refractivity contribution is 0.411. The Bertz CT molecular complexity index is 424. The van der Waals surface area contributed by atoms with Crippen LogP contribution in [0, 0.1) is 13.8 Å². The van der Waals surface area contributed by atoms with Gasteiger partial charge in [-0.05, 0) is 36.6 Å². The van der Waals surface area contributed by atoms with E-state index in [1.807, 2.05) is 0 Å². The number of aryl methyl sites for hydroxylation is 2. The molecular weight excluding hydrogens is 200 g/mol. The molecule has 0 atom stereocenters. The minimum absolute atomic E-state index is 0.899. The number of methoxy groups -OCH3 is 1. The Hall–Kier alpha value is -1.51. The summed E-state index contributed by atoms with van der Waals surface area (Å²) in [6, 6.07) is 4.29. The zero-order valence-electron chi connectivity index (χ0n) is 10.1. The molecule has 0 aromatic heterocycles. The topological polar surface area (TPSA) is 33.6 Å². The minimum atomic E-state index is 0.899. The number of hydrogen-bond acceptors (Lipinski definition) is 3. The number of benzene rings is 1. The van der Waals surface area contributed by atoms with E-state index in [4.69, 9.17) is 4.74 Å². The quantitative estimate of drug-likeness (QED) is 0.840. The Morgan fingerprint density at radius 2 is 2.12 bits per heavy atom. The molecule has 1 aliphatic rings.